The molecule has 2 rings (SSSR count). The second-order valence-electron chi connectivity index (χ2n) is 4.14. The van der Waals surface area contributed by atoms with Gasteiger partial charge in [0.05, 0.1) is 13.2 Å². The van der Waals surface area contributed by atoms with E-state index in [9.17, 15) is 4.79 Å². The Hall–Kier alpha value is -1.77. The minimum absolute atomic E-state index is 0.110. The zero-order chi connectivity index (χ0) is 12.1. The lowest BCUT2D eigenvalue weighted by molar-refractivity contribution is 0.111. The first-order chi connectivity index (χ1) is 8.31. The van der Waals surface area contributed by atoms with Gasteiger partial charge in [0, 0.05) is 6.54 Å². The fourth-order valence-electron chi connectivity index (χ4n) is 2.11. The second kappa shape index (κ2) is 5.53. The van der Waals surface area contributed by atoms with Crippen LogP contribution in [-0.2, 0) is 11.2 Å². The Morgan fingerprint density at radius 3 is 2.88 bits per heavy atom. The van der Waals surface area contributed by atoms with Gasteiger partial charge in [-0.3, -0.25) is 0 Å². The molecule has 1 aromatic carbocycles. The predicted molar refractivity (Wildman–Crippen MR) is 66.8 cm³/mol. The lowest BCUT2D eigenvalue weighted by atomic mass is 10.0. The Bertz CT molecular complexity index is 400. The van der Waals surface area contributed by atoms with Crippen molar-refractivity contribution in [1.82, 2.24) is 4.90 Å². The first-order valence-electron chi connectivity index (χ1n) is 5.86. The van der Waals surface area contributed by atoms with Crippen molar-refractivity contribution >= 4 is 6.09 Å². The van der Waals surface area contributed by atoms with Gasteiger partial charge in [-0.2, -0.15) is 0 Å². The Kier molecular flexibility index (Phi) is 3.81. The van der Waals surface area contributed by atoms with E-state index in [1.807, 2.05) is 18.2 Å². The smallest absolute Gasteiger partial charge is 0.409 e. The van der Waals surface area contributed by atoms with Gasteiger partial charge in [-0.25, -0.2) is 4.79 Å². The van der Waals surface area contributed by atoms with E-state index in [4.69, 9.17) is 4.74 Å². The molecule has 0 bridgehead atoms. The highest BCUT2D eigenvalue weighted by molar-refractivity contribution is 5.68. The third kappa shape index (κ3) is 2.87. The Labute approximate surface area is 102 Å². The molecular formula is C14H17NO2. The summed E-state index contributed by atoms with van der Waals surface area (Å²) in [6, 6.07) is 10.3. The molecular weight excluding hydrogens is 214 g/mol. The molecule has 0 N–H and O–H groups in total. The van der Waals surface area contributed by atoms with E-state index >= 15 is 0 Å². The molecule has 0 radical (unpaired) electrons. The molecule has 0 fully saturated rings. The van der Waals surface area contributed by atoms with Crippen LogP contribution >= 0.6 is 0 Å². The van der Waals surface area contributed by atoms with Crippen LogP contribution in [0.5, 0.6) is 0 Å². The van der Waals surface area contributed by atoms with Crippen LogP contribution in [0, 0.1) is 0 Å². The first-order valence-corrected chi connectivity index (χ1v) is 5.86. The van der Waals surface area contributed by atoms with Crippen LogP contribution in [0.15, 0.2) is 42.5 Å². The lowest BCUT2D eigenvalue weighted by Crippen LogP contribution is -2.42. The summed E-state index contributed by atoms with van der Waals surface area (Å²) in [6.07, 6.45) is 5.73. The van der Waals surface area contributed by atoms with E-state index in [0.29, 0.717) is 0 Å². The molecule has 1 amide bonds. The monoisotopic (exact) mass is 231 g/mol. The van der Waals surface area contributed by atoms with Crippen molar-refractivity contribution in [3.8, 4) is 0 Å². The normalized spacial score (nSPS) is 19.1. The first kappa shape index (κ1) is 11.7. The summed E-state index contributed by atoms with van der Waals surface area (Å²) in [4.78, 5) is 13.4. The van der Waals surface area contributed by atoms with E-state index in [1.54, 1.807) is 4.90 Å². The number of benzene rings is 1. The highest BCUT2D eigenvalue weighted by Gasteiger charge is 2.24. The number of ether oxygens (including phenoxy) is 1. The van der Waals surface area contributed by atoms with E-state index in [-0.39, 0.29) is 12.1 Å². The van der Waals surface area contributed by atoms with Gasteiger partial charge in [-0.15, -0.1) is 0 Å². The van der Waals surface area contributed by atoms with Crippen molar-refractivity contribution in [2.75, 3.05) is 13.7 Å². The molecule has 1 atom stereocenters. The van der Waals surface area contributed by atoms with E-state index in [2.05, 4.69) is 24.3 Å². The highest BCUT2D eigenvalue weighted by atomic mass is 16.5. The predicted octanol–water partition coefficient (Wildman–Crippen LogP) is 2.63. The quantitative estimate of drug-likeness (QED) is 0.732. The van der Waals surface area contributed by atoms with Crippen LogP contribution < -0.4 is 0 Å². The fraction of sp³-hybridized carbons (Fsp3) is 0.357. The molecule has 0 spiro atoms. The van der Waals surface area contributed by atoms with Crippen molar-refractivity contribution in [3.05, 3.63) is 48.0 Å². The summed E-state index contributed by atoms with van der Waals surface area (Å²) in [5.74, 6) is 0. The van der Waals surface area contributed by atoms with E-state index < -0.39 is 0 Å². The van der Waals surface area contributed by atoms with Crippen molar-refractivity contribution in [2.24, 2.45) is 0 Å². The molecule has 1 aromatic rings. The summed E-state index contributed by atoms with van der Waals surface area (Å²) in [5.41, 5.74) is 1.23. The van der Waals surface area contributed by atoms with Crippen LogP contribution in [0.3, 0.4) is 0 Å². The van der Waals surface area contributed by atoms with Gasteiger partial charge >= 0.3 is 6.09 Å². The minimum atomic E-state index is -0.240. The molecule has 0 saturated carbocycles. The van der Waals surface area contributed by atoms with Crippen molar-refractivity contribution < 1.29 is 9.53 Å². The van der Waals surface area contributed by atoms with Gasteiger partial charge in [0.1, 0.15) is 0 Å². The largest absolute Gasteiger partial charge is 0.453 e. The highest BCUT2D eigenvalue weighted by Crippen LogP contribution is 2.16. The standard InChI is InChI=1S/C14H17NO2/c1-17-14(16)15-10-6-5-9-13(15)11-12-7-3-2-4-8-12/h2-5,7-9,13H,6,10-11H2,1H3. The lowest BCUT2D eigenvalue weighted by Gasteiger charge is -2.31. The number of rotatable bonds is 2. The number of hydrogen-bond donors (Lipinski definition) is 0. The van der Waals surface area contributed by atoms with E-state index in [0.717, 1.165) is 19.4 Å². The Morgan fingerprint density at radius 2 is 2.18 bits per heavy atom. The molecule has 17 heavy (non-hydrogen) atoms. The third-order valence-electron chi connectivity index (χ3n) is 2.99. The van der Waals surface area contributed by atoms with Crippen LogP contribution in [0.4, 0.5) is 4.79 Å². The van der Waals surface area contributed by atoms with Crippen molar-refractivity contribution in [2.45, 2.75) is 18.9 Å². The van der Waals surface area contributed by atoms with Crippen molar-refractivity contribution in [1.29, 1.82) is 0 Å². The zero-order valence-electron chi connectivity index (χ0n) is 10.0. The number of nitrogens with zero attached hydrogens (tertiary/aromatic N) is 1. The minimum Gasteiger partial charge on any atom is -0.453 e. The number of carbonyl (C=O) groups excluding carboxylic acids is 1. The van der Waals surface area contributed by atoms with Gasteiger partial charge in [-0.05, 0) is 18.4 Å². The third-order valence-corrected chi connectivity index (χ3v) is 2.99. The average molecular weight is 231 g/mol. The number of carbonyl (C=O) groups is 1. The fourth-order valence-corrected chi connectivity index (χ4v) is 2.11. The van der Waals surface area contributed by atoms with Gasteiger partial charge in [0.15, 0.2) is 0 Å². The van der Waals surface area contributed by atoms with E-state index in [1.165, 1.54) is 12.7 Å². The number of methoxy groups -OCH3 is 1. The van der Waals surface area contributed by atoms with Crippen LogP contribution in [-0.4, -0.2) is 30.7 Å². The number of amides is 1. The Morgan fingerprint density at radius 1 is 1.41 bits per heavy atom. The van der Waals surface area contributed by atoms with Crippen LogP contribution in [0.2, 0.25) is 0 Å². The zero-order valence-corrected chi connectivity index (χ0v) is 10.0. The number of hydrogen-bond acceptors (Lipinski definition) is 2. The summed E-state index contributed by atoms with van der Waals surface area (Å²) < 4.78 is 4.81. The maximum absolute atomic E-state index is 11.6. The molecule has 0 saturated heterocycles. The maximum Gasteiger partial charge on any atom is 0.409 e. The summed E-state index contributed by atoms with van der Waals surface area (Å²) in [7, 11) is 1.43. The van der Waals surface area contributed by atoms with Gasteiger partial charge in [0.2, 0.25) is 0 Å². The topological polar surface area (TPSA) is 29.5 Å². The molecule has 0 aromatic heterocycles. The van der Waals surface area contributed by atoms with Gasteiger partial charge in [-0.1, -0.05) is 42.5 Å². The molecule has 90 valence electrons. The Balaban J connectivity index is 2.09. The van der Waals surface area contributed by atoms with Gasteiger partial charge < -0.3 is 9.64 Å². The van der Waals surface area contributed by atoms with Crippen LogP contribution in [0.25, 0.3) is 0 Å². The summed E-state index contributed by atoms with van der Waals surface area (Å²) >= 11 is 0. The molecule has 1 unspecified atom stereocenters. The summed E-state index contributed by atoms with van der Waals surface area (Å²) in [5, 5.41) is 0. The summed E-state index contributed by atoms with van der Waals surface area (Å²) in [6.45, 7) is 0.737. The SMILES string of the molecule is COC(=O)N1CCC=CC1Cc1ccccc1. The molecule has 1 aliphatic heterocycles. The van der Waals surface area contributed by atoms with Gasteiger partial charge in [0.25, 0.3) is 0 Å². The van der Waals surface area contributed by atoms with Crippen molar-refractivity contribution in [3.63, 3.8) is 0 Å². The molecule has 3 nitrogen and oxygen atoms in total. The molecule has 1 aliphatic rings. The van der Waals surface area contributed by atoms with Crippen LogP contribution in [0.1, 0.15) is 12.0 Å². The molecule has 0 aliphatic carbocycles. The second-order valence-corrected chi connectivity index (χ2v) is 4.14. The molecule has 3 heteroatoms. The average Bonchev–Trinajstić information content (AvgIpc) is 2.40. The molecule has 1 heterocycles. The maximum atomic E-state index is 11.6.